The Kier molecular flexibility index (Phi) is 5.64. The molecule has 1 N–H and O–H groups in total. The lowest BCUT2D eigenvalue weighted by Crippen LogP contribution is -2.37. The van der Waals surface area contributed by atoms with E-state index in [1.54, 1.807) is 0 Å². The van der Waals surface area contributed by atoms with Gasteiger partial charge in [0.25, 0.3) is 0 Å². The van der Waals surface area contributed by atoms with Crippen molar-refractivity contribution in [2.24, 2.45) is 5.92 Å². The summed E-state index contributed by atoms with van der Waals surface area (Å²) in [6.45, 7) is 4.40. The Bertz CT molecular complexity index is 287. The number of likely N-dealkylation sites (tertiary alicyclic amines) is 1. The molecule has 2 heterocycles. The van der Waals surface area contributed by atoms with E-state index in [1.807, 2.05) is 11.8 Å². The van der Waals surface area contributed by atoms with Crippen molar-refractivity contribution in [3.8, 4) is 0 Å². The summed E-state index contributed by atoms with van der Waals surface area (Å²) in [6.07, 6.45) is 6.42. The van der Waals surface area contributed by atoms with Crippen molar-refractivity contribution in [1.82, 2.24) is 4.90 Å². The Morgan fingerprint density at radius 2 is 2.11 bits per heavy atom. The molecule has 0 aliphatic carbocycles. The Morgan fingerprint density at radius 3 is 2.79 bits per heavy atom. The summed E-state index contributed by atoms with van der Waals surface area (Å²) in [6, 6.07) is 0.266. The van der Waals surface area contributed by atoms with Gasteiger partial charge in [-0.15, -0.1) is 0 Å². The van der Waals surface area contributed by atoms with Crippen molar-refractivity contribution in [3.63, 3.8) is 0 Å². The zero-order valence-electron chi connectivity index (χ0n) is 12.0. The number of aliphatic hydroxyl groups is 1. The molecule has 0 radical (unpaired) electrons. The molecule has 0 spiro atoms. The molecule has 1 amide bonds. The summed E-state index contributed by atoms with van der Waals surface area (Å²) >= 11 is 0. The van der Waals surface area contributed by atoms with Gasteiger partial charge in [-0.25, -0.2) is 0 Å². The maximum absolute atomic E-state index is 12.3. The van der Waals surface area contributed by atoms with Gasteiger partial charge in [0.2, 0.25) is 5.91 Å². The molecule has 2 unspecified atom stereocenters. The number of carbonyl (C=O) groups excluding carboxylic acids is 1. The summed E-state index contributed by atoms with van der Waals surface area (Å²) in [5, 5.41) is 9.49. The predicted octanol–water partition coefficient (Wildman–Crippen LogP) is 1.96. The maximum atomic E-state index is 12.3. The lowest BCUT2D eigenvalue weighted by molar-refractivity contribution is -0.132. The lowest BCUT2D eigenvalue weighted by Gasteiger charge is -2.27. The Labute approximate surface area is 116 Å². The minimum Gasteiger partial charge on any atom is -0.393 e. The molecule has 2 fully saturated rings. The third-order valence-corrected chi connectivity index (χ3v) is 4.42. The molecule has 2 aliphatic heterocycles. The summed E-state index contributed by atoms with van der Waals surface area (Å²) in [7, 11) is 0. The molecule has 0 saturated carbocycles. The van der Waals surface area contributed by atoms with Crippen LogP contribution in [0.3, 0.4) is 0 Å². The Morgan fingerprint density at radius 1 is 1.37 bits per heavy atom. The van der Waals surface area contributed by atoms with Crippen LogP contribution in [0, 0.1) is 5.92 Å². The quantitative estimate of drug-likeness (QED) is 0.830. The van der Waals surface area contributed by atoms with Crippen LogP contribution in [0.1, 0.15) is 51.9 Å². The minimum atomic E-state index is -0.311. The van der Waals surface area contributed by atoms with E-state index in [9.17, 15) is 9.90 Å². The molecule has 2 rings (SSSR count). The monoisotopic (exact) mass is 269 g/mol. The van der Waals surface area contributed by atoms with Gasteiger partial charge in [0.05, 0.1) is 6.10 Å². The fourth-order valence-electron chi connectivity index (χ4n) is 3.31. The standard InChI is InChI=1S/C15H27NO3/c1-12(17)11-14-3-2-8-16(14)15(18)5-4-13-6-9-19-10-7-13/h12-14,17H,2-11H2,1H3. The van der Waals surface area contributed by atoms with Gasteiger partial charge >= 0.3 is 0 Å². The second kappa shape index (κ2) is 7.25. The van der Waals surface area contributed by atoms with E-state index in [0.717, 1.165) is 58.3 Å². The first-order chi connectivity index (χ1) is 9.16. The molecule has 110 valence electrons. The molecule has 4 nitrogen and oxygen atoms in total. The van der Waals surface area contributed by atoms with Gasteiger partial charge in [0.1, 0.15) is 0 Å². The van der Waals surface area contributed by atoms with Gasteiger partial charge in [-0.05, 0) is 51.4 Å². The maximum Gasteiger partial charge on any atom is 0.222 e. The van der Waals surface area contributed by atoms with E-state index < -0.39 is 0 Å². The van der Waals surface area contributed by atoms with E-state index in [-0.39, 0.29) is 18.1 Å². The van der Waals surface area contributed by atoms with Crippen molar-refractivity contribution in [2.75, 3.05) is 19.8 Å². The Balaban J connectivity index is 1.75. The van der Waals surface area contributed by atoms with Gasteiger partial charge in [0.15, 0.2) is 0 Å². The second-order valence-corrected chi connectivity index (χ2v) is 6.06. The number of ether oxygens (including phenoxy) is 1. The number of amides is 1. The second-order valence-electron chi connectivity index (χ2n) is 6.06. The highest BCUT2D eigenvalue weighted by atomic mass is 16.5. The van der Waals surface area contributed by atoms with Crippen LogP contribution in [-0.2, 0) is 9.53 Å². The van der Waals surface area contributed by atoms with Crippen LogP contribution < -0.4 is 0 Å². The van der Waals surface area contributed by atoms with E-state index in [0.29, 0.717) is 12.3 Å². The predicted molar refractivity (Wildman–Crippen MR) is 73.8 cm³/mol. The highest BCUT2D eigenvalue weighted by molar-refractivity contribution is 5.76. The number of rotatable bonds is 5. The molecule has 2 aliphatic rings. The fraction of sp³-hybridized carbons (Fsp3) is 0.933. The fourth-order valence-corrected chi connectivity index (χ4v) is 3.31. The summed E-state index contributed by atoms with van der Waals surface area (Å²) in [5.41, 5.74) is 0. The van der Waals surface area contributed by atoms with Crippen molar-refractivity contribution in [1.29, 1.82) is 0 Å². The van der Waals surface area contributed by atoms with Gasteiger partial charge in [-0.3, -0.25) is 4.79 Å². The topological polar surface area (TPSA) is 49.8 Å². The average Bonchev–Trinajstić information content (AvgIpc) is 2.84. The van der Waals surface area contributed by atoms with Crippen LogP contribution in [0.25, 0.3) is 0 Å². The van der Waals surface area contributed by atoms with Crippen LogP contribution in [0.4, 0.5) is 0 Å². The van der Waals surface area contributed by atoms with E-state index >= 15 is 0 Å². The summed E-state index contributed by atoms with van der Waals surface area (Å²) < 4.78 is 5.34. The lowest BCUT2D eigenvalue weighted by atomic mass is 9.94. The van der Waals surface area contributed by atoms with Crippen molar-refractivity contribution >= 4 is 5.91 Å². The smallest absolute Gasteiger partial charge is 0.222 e. The number of nitrogens with zero attached hydrogens (tertiary/aromatic N) is 1. The van der Waals surface area contributed by atoms with Crippen LogP contribution in [0.2, 0.25) is 0 Å². The van der Waals surface area contributed by atoms with Crippen molar-refractivity contribution in [2.45, 2.75) is 64.0 Å². The van der Waals surface area contributed by atoms with Gasteiger partial charge in [0, 0.05) is 32.2 Å². The normalized spacial score (nSPS) is 26.6. The number of hydrogen-bond donors (Lipinski definition) is 1. The van der Waals surface area contributed by atoms with Crippen molar-refractivity contribution < 1.29 is 14.6 Å². The first kappa shape index (κ1) is 14.8. The molecule has 0 aromatic rings. The third-order valence-electron chi connectivity index (χ3n) is 4.42. The summed E-state index contributed by atoms with van der Waals surface area (Å²) in [5.74, 6) is 0.949. The number of carbonyl (C=O) groups is 1. The Hall–Kier alpha value is -0.610. The van der Waals surface area contributed by atoms with Crippen LogP contribution >= 0.6 is 0 Å². The minimum absolute atomic E-state index is 0.266. The first-order valence-corrected chi connectivity index (χ1v) is 7.72. The van der Waals surface area contributed by atoms with Gasteiger partial charge in [-0.1, -0.05) is 0 Å². The molecular formula is C15H27NO3. The molecule has 4 heteroatoms. The molecular weight excluding hydrogens is 242 g/mol. The number of hydrogen-bond acceptors (Lipinski definition) is 3. The zero-order valence-corrected chi connectivity index (χ0v) is 12.0. The van der Waals surface area contributed by atoms with Gasteiger partial charge in [-0.2, -0.15) is 0 Å². The van der Waals surface area contributed by atoms with E-state index in [1.165, 1.54) is 0 Å². The van der Waals surface area contributed by atoms with Crippen LogP contribution in [-0.4, -0.2) is 47.8 Å². The third kappa shape index (κ3) is 4.46. The number of aliphatic hydroxyl groups excluding tert-OH is 1. The summed E-state index contributed by atoms with van der Waals surface area (Å²) in [4.78, 5) is 14.3. The molecule has 2 atom stereocenters. The first-order valence-electron chi connectivity index (χ1n) is 7.72. The molecule has 0 aromatic carbocycles. The van der Waals surface area contributed by atoms with Crippen LogP contribution in [0.15, 0.2) is 0 Å². The molecule has 0 aromatic heterocycles. The van der Waals surface area contributed by atoms with E-state index in [4.69, 9.17) is 4.74 Å². The molecule has 0 bridgehead atoms. The molecule has 2 saturated heterocycles. The zero-order chi connectivity index (χ0) is 13.7. The van der Waals surface area contributed by atoms with Crippen molar-refractivity contribution in [3.05, 3.63) is 0 Å². The highest BCUT2D eigenvalue weighted by Gasteiger charge is 2.29. The largest absolute Gasteiger partial charge is 0.393 e. The average molecular weight is 269 g/mol. The SMILES string of the molecule is CC(O)CC1CCCN1C(=O)CCC1CCOCC1. The molecule has 19 heavy (non-hydrogen) atoms. The van der Waals surface area contributed by atoms with Crippen LogP contribution in [0.5, 0.6) is 0 Å². The highest BCUT2D eigenvalue weighted by Crippen LogP contribution is 2.25. The van der Waals surface area contributed by atoms with E-state index in [2.05, 4.69) is 0 Å². The van der Waals surface area contributed by atoms with Gasteiger partial charge < -0.3 is 14.7 Å².